The number of rotatable bonds is 5. The van der Waals surface area contributed by atoms with Crippen molar-refractivity contribution in [3.63, 3.8) is 0 Å². The summed E-state index contributed by atoms with van der Waals surface area (Å²) in [4.78, 5) is 11.6. The summed E-state index contributed by atoms with van der Waals surface area (Å²) in [6, 6.07) is 2.59. The number of pyridine rings is 1. The van der Waals surface area contributed by atoms with Gasteiger partial charge in [-0.2, -0.15) is 13.2 Å². The van der Waals surface area contributed by atoms with Crippen LogP contribution in [-0.4, -0.2) is 20.7 Å². The van der Waals surface area contributed by atoms with Crippen molar-refractivity contribution in [1.82, 2.24) is 15.0 Å². The number of hydrogen-bond donors (Lipinski definition) is 1. The number of nitrogens with two attached hydrogens (primary N) is 1. The van der Waals surface area contributed by atoms with E-state index in [-0.39, 0.29) is 16.1 Å². The third kappa shape index (κ3) is 4.04. The molecule has 0 radical (unpaired) electrons. The molecule has 0 saturated carbocycles. The molecule has 3 rings (SSSR count). The van der Waals surface area contributed by atoms with Crippen LogP contribution in [0.1, 0.15) is 23.9 Å². The van der Waals surface area contributed by atoms with E-state index in [2.05, 4.69) is 15.0 Å². The maximum atomic E-state index is 12.8. The molecule has 3 aromatic rings. The second-order valence-corrected chi connectivity index (χ2v) is 6.87. The van der Waals surface area contributed by atoms with Gasteiger partial charge in [0.1, 0.15) is 5.82 Å². The van der Waals surface area contributed by atoms with Crippen LogP contribution in [0.3, 0.4) is 0 Å². The van der Waals surface area contributed by atoms with E-state index in [0.717, 1.165) is 29.1 Å². The molecular weight excluding hydrogens is 389 g/mol. The van der Waals surface area contributed by atoms with Crippen LogP contribution in [0, 0.1) is 0 Å². The summed E-state index contributed by atoms with van der Waals surface area (Å²) < 4.78 is 43.8. The zero-order valence-corrected chi connectivity index (χ0v) is 15.2. The largest absolute Gasteiger partial charge is 0.461 e. The fraction of sp³-hybridized carbons (Fsp3) is 0.312. The highest BCUT2D eigenvalue weighted by molar-refractivity contribution is 7.99. The Hall–Kier alpha value is -2.00. The molecule has 0 spiro atoms. The molecule has 0 aromatic carbocycles. The van der Waals surface area contributed by atoms with Gasteiger partial charge in [0.15, 0.2) is 21.6 Å². The van der Waals surface area contributed by atoms with Crippen molar-refractivity contribution < 1.29 is 17.6 Å². The van der Waals surface area contributed by atoms with Gasteiger partial charge in [0.05, 0.1) is 6.26 Å². The zero-order chi connectivity index (χ0) is 18.9. The molecule has 3 heterocycles. The molecule has 2 N–H and O–H groups in total. The lowest BCUT2D eigenvalue weighted by Gasteiger charge is -2.08. The van der Waals surface area contributed by atoms with Crippen LogP contribution in [0.2, 0.25) is 5.15 Å². The van der Waals surface area contributed by atoms with E-state index in [4.69, 9.17) is 21.8 Å². The van der Waals surface area contributed by atoms with Crippen LogP contribution >= 0.6 is 23.4 Å². The van der Waals surface area contributed by atoms with Crippen LogP contribution in [0.5, 0.6) is 0 Å². The summed E-state index contributed by atoms with van der Waals surface area (Å²) in [5.74, 6) is 0.206. The Balaban J connectivity index is 1.74. The number of alkyl halides is 3. The number of halogens is 4. The molecule has 0 aliphatic rings. The van der Waals surface area contributed by atoms with Crippen molar-refractivity contribution in [1.29, 1.82) is 0 Å². The Labute approximate surface area is 156 Å². The smallest absolute Gasteiger partial charge is 0.433 e. The first-order valence-corrected chi connectivity index (χ1v) is 9.04. The molecule has 3 aromatic heterocycles. The average molecular weight is 403 g/mol. The van der Waals surface area contributed by atoms with Crippen LogP contribution in [0.25, 0.3) is 11.0 Å². The first-order valence-electron chi connectivity index (χ1n) is 7.68. The molecular formula is C16H14ClF3N4OS. The van der Waals surface area contributed by atoms with E-state index in [1.165, 1.54) is 0 Å². The van der Waals surface area contributed by atoms with Gasteiger partial charge in [0.2, 0.25) is 0 Å². The molecule has 0 fully saturated rings. The summed E-state index contributed by atoms with van der Waals surface area (Å²) in [6.45, 7) is 2.00. The molecule has 0 aliphatic carbocycles. The lowest BCUT2D eigenvalue weighted by atomic mass is 10.1. The monoisotopic (exact) mass is 402 g/mol. The van der Waals surface area contributed by atoms with Crippen LogP contribution in [-0.2, 0) is 19.0 Å². The number of nitrogens with zero attached hydrogens (tertiary/aromatic N) is 3. The number of fused-ring (bicyclic) bond motifs is 1. The van der Waals surface area contributed by atoms with E-state index in [9.17, 15) is 13.2 Å². The topological polar surface area (TPSA) is 77.8 Å². The molecule has 138 valence electrons. The van der Waals surface area contributed by atoms with E-state index >= 15 is 0 Å². The predicted molar refractivity (Wildman–Crippen MR) is 94.3 cm³/mol. The number of thioether (sulfide) groups is 1. The van der Waals surface area contributed by atoms with Gasteiger partial charge in [-0.3, -0.25) is 0 Å². The van der Waals surface area contributed by atoms with Gasteiger partial charge in [0, 0.05) is 22.9 Å². The molecule has 0 amide bonds. The highest BCUT2D eigenvalue weighted by Crippen LogP contribution is 2.31. The Bertz CT molecular complexity index is 945. The first kappa shape index (κ1) is 18.8. The molecule has 26 heavy (non-hydrogen) atoms. The molecule has 5 nitrogen and oxygen atoms in total. The van der Waals surface area contributed by atoms with Gasteiger partial charge in [-0.1, -0.05) is 30.3 Å². The van der Waals surface area contributed by atoms with Crippen LogP contribution in [0.15, 0.2) is 28.0 Å². The zero-order valence-electron chi connectivity index (χ0n) is 13.6. The maximum Gasteiger partial charge on any atom is 0.433 e. The van der Waals surface area contributed by atoms with Crippen molar-refractivity contribution in [2.24, 2.45) is 0 Å². The Kier molecular flexibility index (Phi) is 5.29. The van der Waals surface area contributed by atoms with Gasteiger partial charge >= 0.3 is 6.18 Å². The van der Waals surface area contributed by atoms with E-state index in [1.54, 1.807) is 6.26 Å². The summed E-state index contributed by atoms with van der Waals surface area (Å²) in [6.07, 6.45) is -1.65. The number of nitrogen functional groups attached to an aromatic ring is 1. The van der Waals surface area contributed by atoms with Crippen molar-refractivity contribution in [3.05, 3.63) is 40.5 Å². The van der Waals surface area contributed by atoms with E-state index in [0.29, 0.717) is 29.5 Å². The SMILES string of the molecule is CCc1coc2c(Cl)nc(CCSc3nc(N)cc(C(F)(F)F)n3)cc12. The van der Waals surface area contributed by atoms with Crippen molar-refractivity contribution in [2.45, 2.75) is 31.1 Å². The van der Waals surface area contributed by atoms with Gasteiger partial charge in [-0.05, 0) is 24.5 Å². The fourth-order valence-electron chi connectivity index (χ4n) is 2.40. The minimum atomic E-state index is -4.57. The van der Waals surface area contributed by atoms with Crippen LogP contribution in [0.4, 0.5) is 19.0 Å². The van der Waals surface area contributed by atoms with Crippen molar-refractivity contribution in [2.75, 3.05) is 11.5 Å². The number of aromatic nitrogens is 3. The Morgan fingerprint density at radius 2 is 2.00 bits per heavy atom. The minimum absolute atomic E-state index is 0.0259. The van der Waals surface area contributed by atoms with E-state index in [1.807, 2.05) is 13.0 Å². The fourth-order valence-corrected chi connectivity index (χ4v) is 3.48. The highest BCUT2D eigenvalue weighted by Gasteiger charge is 2.33. The number of aryl methyl sites for hydroxylation is 2. The number of anilines is 1. The van der Waals surface area contributed by atoms with Crippen LogP contribution < -0.4 is 5.73 Å². The lowest BCUT2D eigenvalue weighted by molar-refractivity contribution is -0.141. The van der Waals surface area contributed by atoms with Gasteiger partial charge in [0.25, 0.3) is 0 Å². The minimum Gasteiger partial charge on any atom is -0.461 e. The first-order chi connectivity index (χ1) is 12.3. The van der Waals surface area contributed by atoms with Gasteiger partial charge in [-0.25, -0.2) is 15.0 Å². The normalized spacial score (nSPS) is 12.0. The molecule has 0 atom stereocenters. The average Bonchev–Trinajstić information content (AvgIpc) is 2.97. The third-order valence-electron chi connectivity index (χ3n) is 3.64. The molecule has 0 bridgehead atoms. The summed E-state index contributed by atoms with van der Waals surface area (Å²) in [7, 11) is 0. The summed E-state index contributed by atoms with van der Waals surface area (Å²) in [5, 5.41) is 1.14. The second-order valence-electron chi connectivity index (χ2n) is 5.45. The maximum absolute atomic E-state index is 12.8. The highest BCUT2D eigenvalue weighted by atomic mass is 35.5. The number of hydrogen-bond acceptors (Lipinski definition) is 6. The van der Waals surface area contributed by atoms with Gasteiger partial charge in [-0.15, -0.1) is 0 Å². The molecule has 0 unspecified atom stereocenters. The third-order valence-corrected chi connectivity index (χ3v) is 4.74. The number of furan rings is 1. The van der Waals surface area contributed by atoms with Crippen molar-refractivity contribution in [3.8, 4) is 0 Å². The standard InChI is InChI=1S/C16H14ClF3N4OS/c1-2-8-7-25-13-10(8)5-9(22-14(13)17)3-4-26-15-23-11(16(18,19)20)6-12(21)24-15/h5-7H,2-4H2,1H3,(H2,21,23,24). The van der Waals surface area contributed by atoms with E-state index < -0.39 is 11.9 Å². The lowest BCUT2D eigenvalue weighted by Crippen LogP contribution is -2.11. The summed E-state index contributed by atoms with van der Waals surface area (Å²) in [5.41, 5.74) is 6.65. The molecule has 10 heteroatoms. The summed E-state index contributed by atoms with van der Waals surface area (Å²) >= 11 is 7.22. The van der Waals surface area contributed by atoms with Gasteiger partial charge < -0.3 is 10.2 Å². The molecule has 0 saturated heterocycles. The molecule has 0 aliphatic heterocycles. The van der Waals surface area contributed by atoms with Crippen molar-refractivity contribution >= 4 is 40.1 Å². The quantitative estimate of drug-likeness (QED) is 0.376. The Morgan fingerprint density at radius 3 is 2.69 bits per heavy atom. The second kappa shape index (κ2) is 7.32. The Morgan fingerprint density at radius 1 is 1.23 bits per heavy atom. The predicted octanol–water partition coefficient (Wildman–Crippen LogP) is 4.77.